The summed E-state index contributed by atoms with van der Waals surface area (Å²) in [5.41, 5.74) is 2.93. The highest BCUT2D eigenvalue weighted by Crippen LogP contribution is 2.22. The number of rotatable bonds is 3. The minimum Gasteiger partial charge on any atom is -0.362 e. The summed E-state index contributed by atoms with van der Waals surface area (Å²) in [5.74, 6) is 0. The molecule has 0 amide bonds. The number of pyridine rings is 1. The molecule has 21 heavy (non-hydrogen) atoms. The van der Waals surface area contributed by atoms with Crippen LogP contribution in [0.3, 0.4) is 0 Å². The molecule has 2 aromatic carbocycles. The van der Waals surface area contributed by atoms with Crippen LogP contribution in [0.15, 0.2) is 48.5 Å². The van der Waals surface area contributed by atoms with Gasteiger partial charge in [0.2, 0.25) is 0 Å². The molecule has 4 heteroatoms. The van der Waals surface area contributed by atoms with Crippen LogP contribution in [0.2, 0.25) is 0 Å². The van der Waals surface area contributed by atoms with Crippen molar-refractivity contribution >= 4 is 44.8 Å². The molecule has 0 unspecified atom stereocenters. The molecule has 0 aliphatic carbocycles. The highest BCUT2D eigenvalue weighted by atomic mass is 32.1. The number of hydrogen-bond donors (Lipinski definition) is 2. The third kappa shape index (κ3) is 3.11. The molecule has 3 nitrogen and oxygen atoms in total. The van der Waals surface area contributed by atoms with Crippen LogP contribution in [0.1, 0.15) is 13.3 Å². The van der Waals surface area contributed by atoms with E-state index in [4.69, 9.17) is 17.2 Å². The lowest BCUT2D eigenvalue weighted by Gasteiger charge is -2.10. The zero-order valence-electron chi connectivity index (χ0n) is 11.9. The van der Waals surface area contributed by atoms with Crippen molar-refractivity contribution in [1.82, 2.24) is 10.3 Å². The number of para-hydroxylation sites is 1. The number of benzene rings is 2. The Hall–Kier alpha value is -2.20. The van der Waals surface area contributed by atoms with Crippen molar-refractivity contribution in [2.45, 2.75) is 13.3 Å². The first-order valence-electron chi connectivity index (χ1n) is 7.10. The number of nitrogens with zero attached hydrogens (tertiary/aromatic N) is 1. The molecule has 0 atom stereocenters. The third-order valence-corrected chi connectivity index (χ3v) is 3.56. The smallest absolute Gasteiger partial charge is 0.170 e. The number of thiocarbonyl (C=S) groups is 1. The lowest BCUT2D eigenvalue weighted by atomic mass is 10.1. The summed E-state index contributed by atoms with van der Waals surface area (Å²) in [4.78, 5) is 4.70. The van der Waals surface area contributed by atoms with Crippen molar-refractivity contribution in [1.29, 1.82) is 0 Å². The Kier molecular flexibility index (Phi) is 3.97. The summed E-state index contributed by atoms with van der Waals surface area (Å²) < 4.78 is 0. The summed E-state index contributed by atoms with van der Waals surface area (Å²) in [5, 5.41) is 9.30. The summed E-state index contributed by atoms with van der Waals surface area (Å²) in [6, 6.07) is 16.4. The predicted molar refractivity (Wildman–Crippen MR) is 93.8 cm³/mol. The van der Waals surface area contributed by atoms with Crippen LogP contribution in [0.5, 0.6) is 0 Å². The molecule has 1 aromatic heterocycles. The molecule has 0 radical (unpaired) electrons. The van der Waals surface area contributed by atoms with Gasteiger partial charge in [0.25, 0.3) is 0 Å². The third-order valence-electron chi connectivity index (χ3n) is 3.31. The Bertz CT molecular complexity index is 798. The number of fused-ring (bicyclic) bond motifs is 2. The maximum Gasteiger partial charge on any atom is 0.170 e. The van der Waals surface area contributed by atoms with Gasteiger partial charge in [0.15, 0.2) is 5.11 Å². The molecule has 3 rings (SSSR count). The van der Waals surface area contributed by atoms with Gasteiger partial charge in [0.1, 0.15) is 0 Å². The first-order valence-corrected chi connectivity index (χ1v) is 7.51. The van der Waals surface area contributed by atoms with E-state index in [2.05, 4.69) is 35.8 Å². The van der Waals surface area contributed by atoms with Crippen LogP contribution in [0.4, 0.5) is 5.69 Å². The predicted octanol–water partition coefficient (Wildman–Crippen LogP) is 4.08. The quantitative estimate of drug-likeness (QED) is 0.564. The van der Waals surface area contributed by atoms with Crippen molar-refractivity contribution in [3.8, 4) is 0 Å². The lowest BCUT2D eigenvalue weighted by molar-refractivity contribution is 0.846. The molecular weight excluding hydrogens is 278 g/mol. The van der Waals surface area contributed by atoms with Gasteiger partial charge >= 0.3 is 0 Å². The molecule has 106 valence electrons. The zero-order valence-corrected chi connectivity index (χ0v) is 12.7. The standard InChI is InChI=1S/C17H17N3S/c1-2-9-18-17(21)19-14-8-7-13-10-12-5-3-4-6-15(12)20-16(13)11-14/h3-8,10-11H,2,9H2,1H3,(H2,18,19,21). The summed E-state index contributed by atoms with van der Waals surface area (Å²) in [7, 11) is 0. The van der Waals surface area contributed by atoms with Gasteiger partial charge in [-0.2, -0.15) is 0 Å². The van der Waals surface area contributed by atoms with E-state index in [-0.39, 0.29) is 0 Å². The normalized spacial score (nSPS) is 10.7. The number of anilines is 1. The first-order chi connectivity index (χ1) is 10.3. The van der Waals surface area contributed by atoms with Crippen molar-refractivity contribution < 1.29 is 0 Å². The number of aromatic nitrogens is 1. The molecule has 3 aromatic rings. The topological polar surface area (TPSA) is 37.0 Å². The van der Waals surface area contributed by atoms with E-state index in [0.29, 0.717) is 5.11 Å². The van der Waals surface area contributed by atoms with Gasteiger partial charge in [-0.05, 0) is 42.9 Å². The highest BCUT2D eigenvalue weighted by molar-refractivity contribution is 7.80. The van der Waals surface area contributed by atoms with Crippen LogP contribution in [-0.2, 0) is 0 Å². The second-order valence-corrected chi connectivity index (χ2v) is 5.38. The molecule has 0 bridgehead atoms. The SMILES string of the molecule is CCCNC(=S)Nc1ccc2cc3ccccc3nc2c1. The van der Waals surface area contributed by atoms with Crippen molar-refractivity contribution in [3.63, 3.8) is 0 Å². The highest BCUT2D eigenvalue weighted by Gasteiger charge is 2.02. The van der Waals surface area contributed by atoms with Gasteiger partial charge in [-0.1, -0.05) is 31.2 Å². The Morgan fingerprint density at radius 3 is 2.71 bits per heavy atom. The molecular formula is C17H17N3S. The molecule has 1 heterocycles. The van der Waals surface area contributed by atoms with E-state index in [9.17, 15) is 0 Å². The maximum atomic E-state index is 5.26. The molecule has 0 aliphatic heterocycles. The zero-order chi connectivity index (χ0) is 14.7. The fourth-order valence-electron chi connectivity index (χ4n) is 2.26. The average Bonchev–Trinajstić information content (AvgIpc) is 2.51. The fraction of sp³-hybridized carbons (Fsp3) is 0.176. The van der Waals surface area contributed by atoms with Crippen LogP contribution in [-0.4, -0.2) is 16.6 Å². The monoisotopic (exact) mass is 295 g/mol. The van der Waals surface area contributed by atoms with Gasteiger partial charge in [-0.15, -0.1) is 0 Å². The largest absolute Gasteiger partial charge is 0.362 e. The van der Waals surface area contributed by atoms with E-state index in [0.717, 1.165) is 40.5 Å². The molecule has 0 aliphatic rings. The van der Waals surface area contributed by atoms with Crippen LogP contribution < -0.4 is 10.6 Å². The molecule has 0 saturated heterocycles. The Labute approximate surface area is 129 Å². The Morgan fingerprint density at radius 1 is 1.05 bits per heavy atom. The van der Waals surface area contributed by atoms with Crippen LogP contribution in [0, 0.1) is 0 Å². The fourth-order valence-corrected chi connectivity index (χ4v) is 2.48. The van der Waals surface area contributed by atoms with Crippen LogP contribution in [0.25, 0.3) is 21.8 Å². The average molecular weight is 295 g/mol. The molecule has 2 N–H and O–H groups in total. The second kappa shape index (κ2) is 6.06. The van der Waals surface area contributed by atoms with Gasteiger partial charge < -0.3 is 10.6 Å². The number of hydrogen-bond acceptors (Lipinski definition) is 2. The van der Waals surface area contributed by atoms with Crippen molar-refractivity contribution in [2.24, 2.45) is 0 Å². The minimum atomic E-state index is 0.650. The van der Waals surface area contributed by atoms with Gasteiger partial charge in [0.05, 0.1) is 11.0 Å². The Morgan fingerprint density at radius 2 is 1.86 bits per heavy atom. The van der Waals surface area contributed by atoms with E-state index in [1.54, 1.807) is 0 Å². The number of nitrogens with one attached hydrogen (secondary N) is 2. The van der Waals surface area contributed by atoms with E-state index in [1.807, 2.05) is 30.3 Å². The Balaban J connectivity index is 1.92. The summed E-state index contributed by atoms with van der Waals surface area (Å²) in [6.07, 6.45) is 1.05. The molecule has 0 saturated carbocycles. The van der Waals surface area contributed by atoms with Gasteiger partial charge in [-0.25, -0.2) is 4.98 Å². The van der Waals surface area contributed by atoms with E-state index >= 15 is 0 Å². The molecule has 0 spiro atoms. The summed E-state index contributed by atoms with van der Waals surface area (Å²) >= 11 is 5.26. The van der Waals surface area contributed by atoms with Crippen molar-refractivity contribution in [3.05, 3.63) is 48.5 Å². The van der Waals surface area contributed by atoms with Gasteiger partial charge in [0, 0.05) is 23.0 Å². The summed E-state index contributed by atoms with van der Waals surface area (Å²) in [6.45, 7) is 2.99. The molecule has 0 fully saturated rings. The maximum absolute atomic E-state index is 5.26. The second-order valence-electron chi connectivity index (χ2n) is 4.97. The van der Waals surface area contributed by atoms with Gasteiger partial charge in [-0.3, -0.25) is 0 Å². The van der Waals surface area contributed by atoms with E-state index < -0.39 is 0 Å². The van der Waals surface area contributed by atoms with E-state index in [1.165, 1.54) is 0 Å². The first kappa shape index (κ1) is 13.8. The van der Waals surface area contributed by atoms with Crippen molar-refractivity contribution in [2.75, 3.05) is 11.9 Å². The van der Waals surface area contributed by atoms with Crippen LogP contribution >= 0.6 is 12.2 Å². The lowest BCUT2D eigenvalue weighted by Crippen LogP contribution is -2.28. The minimum absolute atomic E-state index is 0.650.